The van der Waals surface area contributed by atoms with Crippen molar-refractivity contribution in [2.75, 3.05) is 0 Å². The van der Waals surface area contributed by atoms with Crippen LogP contribution in [0.3, 0.4) is 0 Å². The van der Waals surface area contributed by atoms with Gasteiger partial charge in [-0.3, -0.25) is 0 Å². The first-order valence-corrected chi connectivity index (χ1v) is 16.3. The zero-order valence-corrected chi connectivity index (χ0v) is 26.4. The summed E-state index contributed by atoms with van der Waals surface area (Å²) in [6.07, 6.45) is 0. The molecule has 1 aromatic heterocycles. The Morgan fingerprint density at radius 1 is 0.383 bits per heavy atom. The van der Waals surface area contributed by atoms with Gasteiger partial charge in [-0.1, -0.05) is 159 Å². The van der Waals surface area contributed by atoms with E-state index in [1.54, 1.807) is 0 Å². The van der Waals surface area contributed by atoms with Crippen molar-refractivity contribution in [3.05, 3.63) is 169 Å². The lowest BCUT2D eigenvalue weighted by atomic mass is 9.82. The fourth-order valence-corrected chi connectivity index (χ4v) is 7.54. The van der Waals surface area contributed by atoms with E-state index in [0.29, 0.717) is 0 Å². The topological polar surface area (TPSA) is 25.8 Å². The molecule has 8 aromatic rings. The van der Waals surface area contributed by atoms with E-state index in [1.807, 2.05) is 6.07 Å². The molecule has 0 atom stereocenters. The third kappa shape index (κ3) is 4.40. The largest absolute Gasteiger partial charge is 0.228 e. The molecule has 0 spiro atoms. The Labute approximate surface area is 275 Å². The Bertz CT molecular complexity index is 2490. The van der Waals surface area contributed by atoms with E-state index in [2.05, 4.69) is 166 Å². The summed E-state index contributed by atoms with van der Waals surface area (Å²) in [5, 5.41) is 4.71. The molecular formula is C45H32N2. The number of nitrogens with zero attached hydrogens (tertiary/aromatic N) is 2. The summed E-state index contributed by atoms with van der Waals surface area (Å²) in [5.74, 6) is 0.728. The molecule has 1 aliphatic carbocycles. The zero-order valence-electron chi connectivity index (χ0n) is 26.4. The van der Waals surface area contributed by atoms with Crippen molar-refractivity contribution in [3.63, 3.8) is 0 Å². The molecule has 222 valence electrons. The van der Waals surface area contributed by atoms with Crippen LogP contribution in [-0.2, 0) is 5.41 Å². The molecule has 2 heteroatoms. The van der Waals surface area contributed by atoms with Crippen molar-refractivity contribution in [3.8, 4) is 56.2 Å². The highest BCUT2D eigenvalue weighted by Crippen LogP contribution is 2.50. The molecule has 9 rings (SSSR count). The lowest BCUT2D eigenvalue weighted by Gasteiger charge is -2.21. The second-order valence-electron chi connectivity index (χ2n) is 13.0. The van der Waals surface area contributed by atoms with Crippen molar-refractivity contribution in [2.45, 2.75) is 19.3 Å². The molecule has 0 fully saturated rings. The number of fused-ring (bicyclic) bond motifs is 5. The Hall–Kier alpha value is -5.86. The first kappa shape index (κ1) is 27.5. The van der Waals surface area contributed by atoms with E-state index in [-0.39, 0.29) is 5.41 Å². The Morgan fingerprint density at radius 2 is 1.00 bits per heavy atom. The van der Waals surface area contributed by atoms with Crippen LogP contribution < -0.4 is 0 Å². The summed E-state index contributed by atoms with van der Waals surface area (Å²) < 4.78 is 0. The second-order valence-corrected chi connectivity index (χ2v) is 13.0. The smallest absolute Gasteiger partial charge is 0.161 e. The number of benzene rings is 7. The highest BCUT2D eigenvalue weighted by molar-refractivity contribution is 6.05. The SMILES string of the molecule is CC1(C)c2ccccc2-c2cc(-c3ccc(-c4cc(-c5ccccc5)nc(-c5cccc6ccccc56)n4)c4ccccc34)ccc21. The Kier molecular flexibility index (Phi) is 6.20. The summed E-state index contributed by atoms with van der Waals surface area (Å²) in [6.45, 7) is 4.67. The molecule has 0 radical (unpaired) electrons. The van der Waals surface area contributed by atoms with Gasteiger partial charge in [0.15, 0.2) is 5.82 Å². The van der Waals surface area contributed by atoms with Gasteiger partial charge in [-0.25, -0.2) is 9.97 Å². The van der Waals surface area contributed by atoms with Crippen LogP contribution in [0.5, 0.6) is 0 Å². The van der Waals surface area contributed by atoms with Crippen LogP contribution in [0.2, 0.25) is 0 Å². The van der Waals surface area contributed by atoms with Gasteiger partial charge in [-0.05, 0) is 67.1 Å². The van der Waals surface area contributed by atoms with Crippen molar-refractivity contribution < 1.29 is 0 Å². The number of hydrogen-bond acceptors (Lipinski definition) is 2. The van der Waals surface area contributed by atoms with Crippen molar-refractivity contribution in [1.29, 1.82) is 0 Å². The summed E-state index contributed by atoms with van der Waals surface area (Å²) in [4.78, 5) is 10.4. The van der Waals surface area contributed by atoms with E-state index in [1.165, 1.54) is 49.5 Å². The molecule has 2 nitrogen and oxygen atoms in total. The van der Waals surface area contributed by atoms with Gasteiger partial charge in [0, 0.05) is 22.1 Å². The molecule has 0 bridgehead atoms. The maximum Gasteiger partial charge on any atom is 0.161 e. The van der Waals surface area contributed by atoms with Gasteiger partial charge in [0.2, 0.25) is 0 Å². The summed E-state index contributed by atoms with van der Waals surface area (Å²) in [7, 11) is 0. The minimum absolute atomic E-state index is 0.0123. The monoisotopic (exact) mass is 600 g/mol. The lowest BCUT2D eigenvalue weighted by molar-refractivity contribution is 0.660. The molecule has 0 saturated carbocycles. The van der Waals surface area contributed by atoms with E-state index < -0.39 is 0 Å². The maximum absolute atomic E-state index is 5.28. The molecule has 1 aliphatic rings. The van der Waals surface area contributed by atoms with E-state index in [9.17, 15) is 0 Å². The van der Waals surface area contributed by atoms with Gasteiger partial charge >= 0.3 is 0 Å². The standard InChI is InChI=1S/C45H32N2/c1-45(2)40-22-11-10-20-36(40)39-27-31(23-26-41(39)45)33-24-25-37(35-19-9-8-18-34(33)35)43-28-42(30-14-4-3-5-15-30)46-44(47-43)38-21-12-16-29-13-6-7-17-32(29)38/h3-28H,1-2H3. The highest BCUT2D eigenvalue weighted by Gasteiger charge is 2.35. The molecule has 7 aromatic carbocycles. The maximum atomic E-state index is 5.28. The fourth-order valence-electron chi connectivity index (χ4n) is 7.54. The third-order valence-electron chi connectivity index (χ3n) is 9.92. The third-order valence-corrected chi connectivity index (χ3v) is 9.92. The highest BCUT2D eigenvalue weighted by atomic mass is 14.9. The van der Waals surface area contributed by atoms with E-state index in [4.69, 9.17) is 9.97 Å². The number of aromatic nitrogens is 2. The van der Waals surface area contributed by atoms with Crippen LogP contribution in [0.4, 0.5) is 0 Å². The minimum Gasteiger partial charge on any atom is -0.228 e. The van der Waals surface area contributed by atoms with Crippen LogP contribution in [0.1, 0.15) is 25.0 Å². The van der Waals surface area contributed by atoms with Gasteiger partial charge in [0.1, 0.15) is 0 Å². The average Bonchev–Trinajstić information content (AvgIpc) is 3.36. The molecule has 0 saturated heterocycles. The number of hydrogen-bond donors (Lipinski definition) is 0. The normalized spacial score (nSPS) is 13.1. The van der Waals surface area contributed by atoms with Gasteiger partial charge < -0.3 is 0 Å². The second kappa shape index (κ2) is 10.6. The summed E-state index contributed by atoms with van der Waals surface area (Å²) in [6, 6.07) is 56.5. The van der Waals surface area contributed by atoms with Gasteiger partial charge in [-0.2, -0.15) is 0 Å². The molecule has 0 unspecified atom stereocenters. The molecule has 0 aliphatic heterocycles. The molecule has 0 amide bonds. The van der Waals surface area contributed by atoms with Gasteiger partial charge in [-0.15, -0.1) is 0 Å². The van der Waals surface area contributed by atoms with Crippen LogP contribution in [-0.4, -0.2) is 9.97 Å². The molecular weight excluding hydrogens is 569 g/mol. The van der Waals surface area contributed by atoms with Crippen LogP contribution in [0.25, 0.3) is 77.7 Å². The molecule has 1 heterocycles. The van der Waals surface area contributed by atoms with Crippen molar-refractivity contribution in [2.24, 2.45) is 0 Å². The number of rotatable bonds is 4. The predicted molar refractivity (Wildman–Crippen MR) is 196 cm³/mol. The van der Waals surface area contributed by atoms with Crippen molar-refractivity contribution in [1.82, 2.24) is 9.97 Å². The summed E-state index contributed by atoms with van der Waals surface area (Å²) in [5.41, 5.74) is 12.9. The quantitative estimate of drug-likeness (QED) is 0.201. The van der Waals surface area contributed by atoms with Gasteiger partial charge in [0.25, 0.3) is 0 Å². The first-order valence-electron chi connectivity index (χ1n) is 16.3. The zero-order chi connectivity index (χ0) is 31.5. The van der Waals surface area contributed by atoms with Crippen LogP contribution >= 0.6 is 0 Å². The first-order chi connectivity index (χ1) is 23.1. The average molecular weight is 601 g/mol. The Morgan fingerprint density at radius 3 is 1.85 bits per heavy atom. The molecule has 47 heavy (non-hydrogen) atoms. The fraction of sp³-hybridized carbons (Fsp3) is 0.0667. The van der Waals surface area contributed by atoms with Crippen LogP contribution in [0.15, 0.2) is 158 Å². The molecule has 0 N–H and O–H groups in total. The predicted octanol–water partition coefficient (Wildman–Crippen LogP) is 11.8. The van der Waals surface area contributed by atoms with Crippen molar-refractivity contribution >= 4 is 21.5 Å². The summed E-state index contributed by atoms with van der Waals surface area (Å²) >= 11 is 0. The van der Waals surface area contributed by atoms with Gasteiger partial charge in [0.05, 0.1) is 11.4 Å². The van der Waals surface area contributed by atoms with E-state index in [0.717, 1.165) is 39.3 Å². The Balaban J connectivity index is 1.24. The minimum atomic E-state index is -0.0123. The lowest BCUT2D eigenvalue weighted by Crippen LogP contribution is -2.14. The van der Waals surface area contributed by atoms with E-state index >= 15 is 0 Å². The van der Waals surface area contributed by atoms with Crippen LogP contribution in [0, 0.1) is 0 Å².